The highest BCUT2D eigenvalue weighted by Gasteiger charge is 2.22. The van der Waals surface area contributed by atoms with Crippen molar-refractivity contribution < 1.29 is 4.79 Å². The first-order valence-electron chi connectivity index (χ1n) is 5.67. The highest BCUT2D eigenvalue weighted by molar-refractivity contribution is 5.78. The Morgan fingerprint density at radius 1 is 1.62 bits per heavy atom. The molecule has 1 atom stereocenters. The van der Waals surface area contributed by atoms with Gasteiger partial charge in [0.25, 0.3) is 0 Å². The van der Waals surface area contributed by atoms with Gasteiger partial charge in [0.2, 0.25) is 5.91 Å². The normalized spacial score (nSPS) is 20.8. The number of hydrogen-bond acceptors (Lipinski definition) is 3. The van der Waals surface area contributed by atoms with Crippen molar-refractivity contribution in [3.8, 4) is 0 Å². The van der Waals surface area contributed by atoms with Gasteiger partial charge in [0.1, 0.15) is 0 Å². The van der Waals surface area contributed by atoms with Crippen molar-refractivity contribution in [3.63, 3.8) is 0 Å². The molecule has 1 fully saturated rings. The van der Waals surface area contributed by atoms with Gasteiger partial charge in [-0.05, 0) is 19.1 Å². The first-order valence-corrected chi connectivity index (χ1v) is 5.67. The Hall–Kier alpha value is -1.42. The molecule has 2 heterocycles. The van der Waals surface area contributed by atoms with Crippen molar-refractivity contribution in [1.29, 1.82) is 0 Å². The van der Waals surface area contributed by atoms with Gasteiger partial charge in [-0.3, -0.25) is 9.78 Å². The summed E-state index contributed by atoms with van der Waals surface area (Å²) in [6.45, 7) is 4.64. The summed E-state index contributed by atoms with van der Waals surface area (Å²) in [5.74, 6) is 0.174. The molecular weight excluding hydrogens is 202 g/mol. The lowest BCUT2D eigenvalue weighted by Crippen LogP contribution is -2.52. The molecule has 4 nitrogen and oxygen atoms in total. The molecule has 2 rings (SSSR count). The van der Waals surface area contributed by atoms with Gasteiger partial charge in [0, 0.05) is 37.6 Å². The molecule has 1 saturated heterocycles. The molecule has 1 aliphatic heterocycles. The summed E-state index contributed by atoms with van der Waals surface area (Å²) in [6.07, 6.45) is 2.13. The van der Waals surface area contributed by atoms with Gasteiger partial charge in [-0.15, -0.1) is 0 Å². The summed E-state index contributed by atoms with van der Waals surface area (Å²) in [5, 5.41) is 3.27. The van der Waals surface area contributed by atoms with Gasteiger partial charge in [-0.1, -0.05) is 6.07 Å². The second kappa shape index (κ2) is 5.07. The van der Waals surface area contributed by atoms with E-state index in [0.717, 1.165) is 25.3 Å². The molecular formula is C12H17N3O. The van der Waals surface area contributed by atoms with E-state index in [9.17, 15) is 4.79 Å². The molecule has 0 radical (unpaired) electrons. The van der Waals surface area contributed by atoms with Crippen LogP contribution in [0.3, 0.4) is 0 Å². The van der Waals surface area contributed by atoms with Crippen molar-refractivity contribution >= 4 is 5.91 Å². The van der Waals surface area contributed by atoms with Crippen LogP contribution in [0.1, 0.15) is 12.6 Å². The molecule has 1 aromatic heterocycles. The molecule has 1 amide bonds. The Kier molecular flexibility index (Phi) is 3.51. The summed E-state index contributed by atoms with van der Waals surface area (Å²) in [7, 11) is 0. The van der Waals surface area contributed by atoms with E-state index >= 15 is 0 Å². The molecule has 1 aromatic rings. The summed E-state index contributed by atoms with van der Waals surface area (Å²) in [4.78, 5) is 18.1. The van der Waals surface area contributed by atoms with Crippen molar-refractivity contribution in [3.05, 3.63) is 30.1 Å². The molecule has 4 heteroatoms. The van der Waals surface area contributed by atoms with E-state index in [4.69, 9.17) is 0 Å². The first-order chi connectivity index (χ1) is 7.77. The Bertz CT molecular complexity index is 353. The number of carbonyl (C=O) groups is 1. The van der Waals surface area contributed by atoms with Crippen LogP contribution in [0.2, 0.25) is 0 Å². The van der Waals surface area contributed by atoms with Crippen LogP contribution >= 0.6 is 0 Å². The monoisotopic (exact) mass is 219 g/mol. The lowest BCUT2D eigenvalue weighted by Gasteiger charge is -2.34. The Labute approximate surface area is 95.7 Å². The quantitative estimate of drug-likeness (QED) is 0.785. The second-order valence-electron chi connectivity index (χ2n) is 4.14. The predicted molar refractivity (Wildman–Crippen MR) is 62.0 cm³/mol. The van der Waals surface area contributed by atoms with Gasteiger partial charge < -0.3 is 10.2 Å². The van der Waals surface area contributed by atoms with Crippen LogP contribution in [0.5, 0.6) is 0 Å². The van der Waals surface area contributed by atoms with Crippen molar-refractivity contribution in [2.45, 2.75) is 19.4 Å². The molecule has 1 N–H and O–H groups in total. The molecule has 86 valence electrons. The molecule has 0 spiro atoms. The smallest absolute Gasteiger partial charge is 0.228 e. The number of hydrogen-bond donors (Lipinski definition) is 1. The van der Waals surface area contributed by atoms with E-state index < -0.39 is 0 Å². The number of aromatic nitrogens is 1. The summed E-state index contributed by atoms with van der Waals surface area (Å²) < 4.78 is 0. The molecule has 1 aliphatic rings. The van der Waals surface area contributed by atoms with Gasteiger partial charge >= 0.3 is 0 Å². The average Bonchev–Trinajstić information content (AvgIpc) is 2.31. The molecule has 0 aliphatic carbocycles. The van der Waals surface area contributed by atoms with Crippen LogP contribution in [0.15, 0.2) is 24.4 Å². The number of nitrogens with zero attached hydrogens (tertiary/aromatic N) is 2. The molecule has 0 saturated carbocycles. The molecule has 0 bridgehead atoms. The zero-order valence-corrected chi connectivity index (χ0v) is 9.52. The SMILES string of the molecule is C[C@H]1CNCCN1C(=O)Cc1ccccn1. The third kappa shape index (κ3) is 2.58. The van der Waals surface area contributed by atoms with Crippen LogP contribution in [-0.2, 0) is 11.2 Å². The number of carbonyl (C=O) groups excluding carboxylic acids is 1. The lowest BCUT2D eigenvalue weighted by atomic mass is 10.2. The molecule has 0 aromatic carbocycles. The fraction of sp³-hybridized carbons (Fsp3) is 0.500. The molecule has 16 heavy (non-hydrogen) atoms. The van der Waals surface area contributed by atoms with Gasteiger partial charge in [-0.2, -0.15) is 0 Å². The van der Waals surface area contributed by atoms with E-state index in [1.165, 1.54) is 0 Å². The zero-order valence-electron chi connectivity index (χ0n) is 9.52. The summed E-state index contributed by atoms with van der Waals surface area (Å²) in [6, 6.07) is 5.95. The van der Waals surface area contributed by atoms with Gasteiger partial charge in [0.15, 0.2) is 0 Å². The highest BCUT2D eigenvalue weighted by atomic mass is 16.2. The number of pyridine rings is 1. The number of amides is 1. The second-order valence-corrected chi connectivity index (χ2v) is 4.14. The Morgan fingerprint density at radius 2 is 2.50 bits per heavy atom. The van der Waals surface area contributed by atoms with Crippen LogP contribution in [-0.4, -0.2) is 41.5 Å². The van der Waals surface area contributed by atoms with Crippen LogP contribution in [0.4, 0.5) is 0 Å². The maximum atomic E-state index is 12.0. The number of piperazine rings is 1. The highest BCUT2D eigenvalue weighted by Crippen LogP contribution is 2.06. The standard InChI is InChI=1S/C12H17N3O/c1-10-9-13-6-7-15(10)12(16)8-11-4-2-3-5-14-11/h2-5,10,13H,6-9H2,1H3/t10-/m0/s1. The van der Waals surface area contributed by atoms with Crippen LogP contribution in [0.25, 0.3) is 0 Å². The average molecular weight is 219 g/mol. The fourth-order valence-corrected chi connectivity index (χ4v) is 1.97. The Morgan fingerprint density at radius 3 is 3.19 bits per heavy atom. The van der Waals surface area contributed by atoms with E-state index in [1.807, 2.05) is 23.1 Å². The maximum absolute atomic E-state index is 12.0. The van der Waals surface area contributed by atoms with Crippen LogP contribution in [0, 0.1) is 0 Å². The third-order valence-electron chi connectivity index (χ3n) is 2.88. The molecule has 0 unspecified atom stereocenters. The van der Waals surface area contributed by atoms with Crippen molar-refractivity contribution in [1.82, 2.24) is 15.2 Å². The largest absolute Gasteiger partial charge is 0.337 e. The predicted octanol–water partition coefficient (Wildman–Crippen LogP) is 0.444. The first kappa shape index (κ1) is 11.1. The van der Waals surface area contributed by atoms with E-state index in [1.54, 1.807) is 6.20 Å². The number of nitrogens with one attached hydrogen (secondary N) is 1. The fourth-order valence-electron chi connectivity index (χ4n) is 1.97. The minimum atomic E-state index is 0.174. The maximum Gasteiger partial charge on any atom is 0.228 e. The van der Waals surface area contributed by atoms with E-state index in [-0.39, 0.29) is 11.9 Å². The summed E-state index contributed by atoms with van der Waals surface area (Å²) in [5.41, 5.74) is 0.846. The summed E-state index contributed by atoms with van der Waals surface area (Å²) >= 11 is 0. The topological polar surface area (TPSA) is 45.2 Å². The van der Waals surface area contributed by atoms with Crippen molar-refractivity contribution in [2.24, 2.45) is 0 Å². The minimum Gasteiger partial charge on any atom is -0.337 e. The van der Waals surface area contributed by atoms with Gasteiger partial charge in [-0.25, -0.2) is 0 Å². The Balaban J connectivity index is 1.97. The van der Waals surface area contributed by atoms with E-state index in [2.05, 4.69) is 17.2 Å². The lowest BCUT2D eigenvalue weighted by molar-refractivity contribution is -0.133. The number of rotatable bonds is 2. The third-order valence-corrected chi connectivity index (χ3v) is 2.88. The zero-order chi connectivity index (χ0) is 11.4. The van der Waals surface area contributed by atoms with E-state index in [0.29, 0.717) is 6.42 Å². The van der Waals surface area contributed by atoms with Crippen molar-refractivity contribution in [2.75, 3.05) is 19.6 Å². The van der Waals surface area contributed by atoms with Crippen LogP contribution < -0.4 is 5.32 Å². The minimum absolute atomic E-state index is 0.174. The van der Waals surface area contributed by atoms with Gasteiger partial charge in [0.05, 0.1) is 6.42 Å².